The van der Waals surface area contributed by atoms with E-state index >= 15 is 0 Å². The lowest BCUT2D eigenvalue weighted by atomic mass is 9.66. The number of nitrogens with one attached hydrogen (secondary N) is 2. The molecule has 1 aromatic carbocycles. The number of thioether (sulfide) groups is 1. The molecule has 9 heteroatoms. The number of hydrogen-bond acceptors (Lipinski definition) is 6. The van der Waals surface area contributed by atoms with E-state index in [9.17, 15) is 19.5 Å². The molecular weight excluding hydrogens is 478 g/mol. The summed E-state index contributed by atoms with van der Waals surface area (Å²) in [5, 5.41) is 15.5. The van der Waals surface area contributed by atoms with Crippen LogP contribution in [0.2, 0.25) is 0 Å². The van der Waals surface area contributed by atoms with Gasteiger partial charge in [-0.1, -0.05) is 19.8 Å². The fourth-order valence-electron chi connectivity index (χ4n) is 6.31. The molecule has 3 amide bonds. The number of aliphatic hydroxyl groups excluding tert-OH is 1. The Kier molecular flexibility index (Phi) is 8.19. The second-order valence-electron chi connectivity index (χ2n) is 10.3. The van der Waals surface area contributed by atoms with Crippen molar-refractivity contribution in [2.45, 2.75) is 74.8 Å². The van der Waals surface area contributed by atoms with E-state index in [4.69, 9.17) is 4.74 Å². The summed E-state index contributed by atoms with van der Waals surface area (Å²) in [6, 6.07) is 6.61. The zero-order valence-electron chi connectivity index (χ0n) is 21.5. The van der Waals surface area contributed by atoms with E-state index in [-0.39, 0.29) is 24.3 Å². The first-order chi connectivity index (χ1) is 17.3. The summed E-state index contributed by atoms with van der Waals surface area (Å²) in [6.07, 6.45) is 4.89. The molecule has 0 aromatic heterocycles. The van der Waals surface area contributed by atoms with Crippen molar-refractivity contribution in [3.05, 3.63) is 24.3 Å². The van der Waals surface area contributed by atoms with E-state index in [0.29, 0.717) is 31.8 Å². The molecule has 3 aliphatic rings. The highest BCUT2D eigenvalue weighted by atomic mass is 32.2. The van der Waals surface area contributed by atoms with Crippen molar-refractivity contribution in [2.75, 3.05) is 31.6 Å². The molecular formula is C27H39N3O5S. The molecule has 0 saturated carbocycles. The second-order valence-corrected chi connectivity index (χ2v) is 12.2. The van der Waals surface area contributed by atoms with Crippen LogP contribution in [0.25, 0.3) is 0 Å². The molecule has 2 unspecified atom stereocenters. The van der Waals surface area contributed by atoms with Crippen LogP contribution in [0.3, 0.4) is 0 Å². The lowest BCUT2D eigenvalue weighted by molar-refractivity contribution is -0.139. The van der Waals surface area contributed by atoms with E-state index in [0.717, 1.165) is 37.9 Å². The molecule has 3 saturated heterocycles. The number of carbonyl (C=O) groups excluding carboxylic acids is 3. The van der Waals surface area contributed by atoms with Crippen LogP contribution in [0.4, 0.5) is 5.69 Å². The number of amides is 3. The Morgan fingerprint density at radius 2 is 1.89 bits per heavy atom. The van der Waals surface area contributed by atoms with Gasteiger partial charge >= 0.3 is 0 Å². The van der Waals surface area contributed by atoms with Gasteiger partial charge in [0.1, 0.15) is 11.8 Å². The normalized spacial score (nSPS) is 30.4. The maximum absolute atomic E-state index is 13.8. The SMILES string of the molecule is CCCCCNC(=O)C1N(CCCO)C(=O)[C@@H]2[C@H](C(=O)Nc3ccc(OCC)cc3)[C@]3(C)CCC12S3. The highest BCUT2D eigenvalue weighted by Crippen LogP contribution is 2.71. The summed E-state index contributed by atoms with van der Waals surface area (Å²) in [5.74, 6) is -0.821. The monoisotopic (exact) mass is 517 g/mol. The Morgan fingerprint density at radius 1 is 1.14 bits per heavy atom. The van der Waals surface area contributed by atoms with Crippen LogP contribution in [-0.4, -0.2) is 69.6 Å². The standard InChI is InChI=1S/C27H39N3O5S/c1-4-6-7-15-28-24(33)22-27-14-13-26(3,36-27)20(21(27)25(34)30(22)16-8-17-31)23(32)29-18-9-11-19(12-10-18)35-5-2/h9-12,20-22,31H,4-8,13-17H2,1-3H3,(H,28,33)(H,29,32)/t20-,21+,22?,26+,27?/m1/s1. The van der Waals surface area contributed by atoms with Gasteiger partial charge < -0.3 is 25.4 Å². The minimum atomic E-state index is -0.628. The average molecular weight is 518 g/mol. The number of rotatable bonds is 12. The van der Waals surface area contributed by atoms with Crippen molar-refractivity contribution >= 4 is 35.2 Å². The molecule has 3 N–H and O–H groups in total. The summed E-state index contributed by atoms with van der Waals surface area (Å²) < 4.78 is 4.44. The Labute approximate surface area is 217 Å². The van der Waals surface area contributed by atoms with Crippen LogP contribution in [0.1, 0.15) is 59.3 Å². The number of benzene rings is 1. The molecule has 198 valence electrons. The van der Waals surface area contributed by atoms with Crippen LogP contribution in [-0.2, 0) is 14.4 Å². The minimum absolute atomic E-state index is 0.0567. The third-order valence-electron chi connectivity index (χ3n) is 7.88. The minimum Gasteiger partial charge on any atom is -0.494 e. The first-order valence-corrected chi connectivity index (χ1v) is 14.1. The fourth-order valence-corrected chi connectivity index (χ4v) is 8.67. The summed E-state index contributed by atoms with van der Waals surface area (Å²) in [4.78, 5) is 42.7. The quantitative estimate of drug-likeness (QED) is 0.368. The number of likely N-dealkylation sites (tertiary alicyclic amines) is 1. The van der Waals surface area contributed by atoms with Gasteiger partial charge in [0.2, 0.25) is 17.7 Å². The van der Waals surface area contributed by atoms with E-state index in [2.05, 4.69) is 24.5 Å². The highest BCUT2D eigenvalue weighted by Gasteiger charge is 2.76. The van der Waals surface area contributed by atoms with Crippen molar-refractivity contribution in [1.82, 2.24) is 10.2 Å². The van der Waals surface area contributed by atoms with Gasteiger partial charge in [-0.15, -0.1) is 11.8 Å². The van der Waals surface area contributed by atoms with Crippen LogP contribution < -0.4 is 15.4 Å². The number of fused-ring (bicyclic) bond motifs is 1. The van der Waals surface area contributed by atoms with Crippen molar-refractivity contribution in [1.29, 1.82) is 0 Å². The highest BCUT2D eigenvalue weighted by molar-refractivity contribution is 8.02. The van der Waals surface area contributed by atoms with Crippen LogP contribution in [0.15, 0.2) is 24.3 Å². The number of hydrogen-bond donors (Lipinski definition) is 3. The third-order valence-corrected chi connectivity index (χ3v) is 9.86. The summed E-state index contributed by atoms with van der Waals surface area (Å²) >= 11 is 1.66. The summed E-state index contributed by atoms with van der Waals surface area (Å²) in [6.45, 7) is 7.49. The van der Waals surface area contributed by atoms with E-state index < -0.39 is 27.4 Å². The fraction of sp³-hybridized carbons (Fsp3) is 0.667. The van der Waals surface area contributed by atoms with Gasteiger partial charge in [0, 0.05) is 30.1 Å². The number of carbonyl (C=O) groups is 3. The summed E-state index contributed by atoms with van der Waals surface area (Å²) in [5.41, 5.74) is 0.654. The van der Waals surface area contributed by atoms with Crippen molar-refractivity contribution in [3.8, 4) is 5.75 Å². The van der Waals surface area contributed by atoms with Gasteiger partial charge in [0.05, 0.1) is 23.2 Å². The number of ether oxygens (including phenoxy) is 1. The molecule has 2 bridgehead atoms. The topological polar surface area (TPSA) is 108 Å². The van der Waals surface area contributed by atoms with Crippen molar-refractivity contribution in [2.24, 2.45) is 11.8 Å². The predicted octanol–water partition coefficient (Wildman–Crippen LogP) is 3.19. The second kappa shape index (κ2) is 11.0. The average Bonchev–Trinajstić information content (AvgIpc) is 3.42. The molecule has 5 atom stereocenters. The Morgan fingerprint density at radius 3 is 2.56 bits per heavy atom. The van der Waals surface area contributed by atoms with E-state index in [1.807, 2.05) is 19.1 Å². The third kappa shape index (κ3) is 4.72. The number of aliphatic hydroxyl groups is 1. The molecule has 3 heterocycles. The first-order valence-electron chi connectivity index (χ1n) is 13.2. The first kappa shape index (κ1) is 26.8. The van der Waals surface area contributed by atoms with Gasteiger partial charge in [-0.3, -0.25) is 14.4 Å². The van der Waals surface area contributed by atoms with E-state index in [1.165, 1.54) is 0 Å². The van der Waals surface area contributed by atoms with Gasteiger partial charge in [0.15, 0.2) is 0 Å². The number of anilines is 1. The van der Waals surface area contributed by atoms with E-state index in [1.54, 1.807) is 28.8 Å². The van der Waals surface area contributed by atoms with Crippen LogP contribution >= 0.6 is 11.8 Å². The van der Waals surface area contributed by atoms with Crippen molar-refractivity contribution in [3.63, 3.8) is 0 Å². The smallest absolute Gasteiger partial charge is 0.244 e. The molecule has 0 radical (unpaired) electrons. The van der Waals surface area contributed by atoms with Crippen LogP contribution in [0, 0.1) is 11.8 Å². The lowest BCUT2D eigenvalue weighted by Crippen LogP contribution is -2.54. The Bertz CT molecular complexity index is 973. The van der Waals surface area contributed by atoms with Gasteiger partial charge in [0.25, 0.3) is 0 Å². The van der Waals surface area contributed by atoms with Gasteiger partial charge in [-0.25, -0.2) is 0 Å². The molecule has 1 spiro atoms. The maximum Gasteiger partial charge on any atom is 0.244 e. The molecule has 3 fully saturated rings. The molecule has 4 rings (SSSR count). The molecule has 8 nitrogen and oxygen atoms in total. The molecule has 0 aliphatic carbocycles. The number of nitrogens with zero attached hydrogens (tertiary/aromatic N) is 1. The summed E-state index contributed by atoms with van der Waals surface area (Å²) in [7, 11) is 0. The largest absolute Gasteiger partial charge is 0.494 e. The zero-order chi connectivity index (χ0) is 25.9. The maximum atomic E-state index is 13.8. The lowest BCUT2D eigenvalue weighted by Gasteiger charge is -2.34. The molecule has 3 aliphatic heterocycles. The molecule has 36 heavy (non-hydrogen) atoms. The van der Waals surface area contributed by atoms with Gasteiger partial charge in [-0.2, -0.15) is 0 Å². The Balaban J connectivity index is 1.59. The molecule has 1 aromatic rings. The zero-order valence-corrected chi connectivity index (χ0v) is 22.4. The Hall–Kier alpha value is -2.26. The number of unbranched alkanes of at least 4 members (excludes halogenated alkanes) is 2. The van der Waals surface area contributed by atoms with Gasteiger partial charge in [-0.05, 0) is 63.8 Å². The predicted molar refractivity (Wildman–Crippen MR) is 141 cm³/mol. The van der Waals surface area contributed by atoms with Crippen molar-refractivity contribution < 1.29 is 24.2 Å². The van der Waals surface area contributed by atoms with Crippen LogP contribution in [0.5, 0.6) is 5.75 Å².